The molecule has 10 N–H and O–H groups in total. The summed E-state index contributed by atoms with van der Waals surface area (Å²) >= 11 is 0. The molecule has 0 aromatic heterocycles. The maximum absolute atomic E-state index is 12.0. The van der Waals surface area contributed by atoms with Crippen LogP contribution in [-0.4, -0.2) is 88.3 Å². The minimum atomic E-state index is -0.471. The van der Waals surface area contributed by atoms with Crippen LogP contribution in [0, 0.1) is 0 Å². The number of methoxy groups -OCH3 is 1. The van der Waals surface area contributed by atoms with Crippen LogP contribution in [0.3, 0.4) is 0 Å². The van der Waals surface area contributed by atoms with Gasteiger partial charge in [-0.2, -0.15) is 0 Å². The molecule has 0 aliphatic rings. The van der Waals surface area contributed by atoms with E-state index in [1.165, 1.54) is 0 Å². The fourth-order valence-electron chi connectivity index (χ4n) is 3.13. The summed E-state index contributed by atoms with van der Waals surface area (Å²) in [6.45, 7) is 5.51. The van der Waals surface area contributed by atoms with E-state index in [9.17, 15) is 9.59 Å². The van der Waals surface area contributed by atoms with Crippen LogP contribution in [0.15, 0.2) is 0 Å². The lowest BCUT2D eigenvalue weighted by Crippen LogP contribution is -2.42. The van der Waals surface area contributed by atoms with Crippen LogP contribution in [0.5, 0.6) is 0 Å². The topological polar surface area (TPSA) is 175 Å². The van der Waals surface area contributed by atoms with Gasteiger partial charge in [-0.05, 0) is 64.7 Å². The summed E-state index contributed by atoms with van der Waals surface area (Å²) in [6.07, 6.45) is 6.46. The van der Waals surface area contributed by atoms with Gasteiger partial charge in [0.1, 0.15) is 0 Å². The first kappa shape index (κ1) is 29.7. The Balaban J connectivity index is 4.04. The Hall–Kier alpha value is -1.30. The number of rotatable bonds is 21. The van der Waals surface area contributed by atoms with Crippen LogP contribution in [0.2, 0.25) is 0 Å². The summed E-state index contributed by atoms with van der Waals surface area (Å²) in [4.78, 5) is 26.3. The van der Waals surface area contributed by atoms with Gasteiger partial charge in [0.05, 0.1) is 18.7 Å². The summed E-state index contributed by atoms with van der Waals surface area (Å²) in [5, 5.41) is 5.81. The third-order valence-electron chi connectivity index (χ3n) is 5.12. The highest BCUT2D eigenvalue weighted by Gasteiger charge is 2.14. The van der Waals surface area contributed by atoms with E-state index >= 15 is 0 Å². The lowest BCUT2D eigenvalue weighted by Gasteiger charge is -2.22. The minimum Gasteiger partial charge on any atom is -0.383 e. The zero-order valence-electron chi connectivity index (χ0n) is 19.4. The van der Waals surface area contributed by atoms with Gasteiger partial charge in [-0.15, -0.1) is 0 Å². The van der Waals surface area contributed by atoms with E-state index in [-0.39, 0.29) is 11.8 Å². The molecule has 2 amide bonds. The Morgan fingerprint density at radius 1 is 0.774 bits per heavy atom. The third-order valence-corrected chi connectivity index (χ3v) is 5.12. The molecule has 0 spiro atoms. The van der Waals surface area contributed by atoms with E-state index < -0.39 is 12.1 Å². The summed E-state index contributed by atoms with van der Waals surface area (Å²) in [6, 6.07) is -0.942. The average molecular weight is 446 g/mol. The number of amides is 2. The van der Waals surface area contributed by atoms with Gasteiger partial charge in [-0.1, -0.05) is 12.8 Å². The number of hydrogen-bond donors (Lipinski definition) is 6. The number of nitrogens with two attached hydrogens (primary N) is 4. The molecule has 0 unspecified atom stereocenters. The quantitative estimate of drug-likeness (QED) is 0.120. The molecule has 0 aliphatic carbocycles. The van der Waals surface area contributed by atoms with E-state index in [2.05, 4.69) is 15.5 Å². The van der Waals surface area contributed by atoms with Gasteiger partial charge in [0.2, 0.25) is 11.8 Å². The van der Waals surface area contributed by atoms with Crippen molar-refractivity contribution in [2.45, 2.75) is 63.5 Å². The maximum Gasteiger partial charge on any atom is 0.236 e. The van der Waals surface area contributed by atoms with Gasteiger partial charge in [0.25, 0.3) is 0 Å². The summed E-state index contributed by atoms with van der Waals surface area (Å²) in [5.41, 5.74) is 22.7. The monoisotopic (exact) mass is 445 g/mol. The molecular formula is C21H47N7O3. The number of nitrogens with zero attached hydrogens (tertiary/aromatic N) is 1. The molecule has 184 valence electrons. The first-order chi connectivity index (χ1) is 15.0. The molecule has 0 saturated carbocycles. The summed E-state index contributed by atoms with van der Waals surface area (Å²) in [5.74, 6) is -0.211. The van der Waals surface area contributed by atoms with Crippen molar-refractivity contribution in [1.29, 1.82) is 0 Å². The van der Waals surface area contributed by atoms with Gasteiger partial charge < -0.3 is 43.2 Å². The van der Waals surface area contributed by atoms with Gasteiger partial charge >= 0.3 is 0 Å². The first-order valence-electron chi connectivity index (χ1n) is 11.6. The minimum absolute atomic E-state index is 0.106. The van der Waals surface area contributed by atoms with Gasteiger partial charge in [-0.25, -0.2) is 0 Å². The highest BCUT2D eigenvalue weighted by molar-refractivity contribution is 5.81. The van der Waals surface area contributed by atoms with Crippen molar-refractivity contribution in [3.63, 3.8) is 0 Å². The Kier molecular flexibility index (Phi) is 19.7. The highest BCUT2D eigenvalue weighted by Crippen LogP contribution is 2.00. The Morgan fingerprint density at radius 2 is 1.23 bits per heavy atom. The predicted octanol–water partition coefficient (Wildman–Crippen LogP) is -1.14. The molecule has 0 bridgehead atoms. The van der Waals surface area contributed by atoms with E-state index in [1.54, 1.807) is 7.11 Å². The van der Waals surface area contributed by atoms with Gasteiger partial charge in [-0.3, -0.25) is 9.59 Å². The van der Waals surface area contributed by atoms with Crippen LogP contribution < -0.4 is 33.6 Å². The second-order valence-corrected chi connectivity index (χ2v) is 7.91. The molecule has 0 aromatic rings. The number of hydrogen-bond acceptors (Lipinski definition) is 8. The lowest BCUT2D eigenvalue weighted by molar-refractivity contribution is -0.123. The van der Waals surface area contributed by atoms with Crippen LogP contribution in [-0.2, 0) is 14.3 Å². The zero-order chi connectivity index (χ0) is 23.3. The molecule has 0 aromatic carbocycles. The highest BCUT2D eigenvalue weighted by atomic mass is 16.5. The number of ether oxygens (including phenoxy) is 1. The van der Waals surface area contributed by atoms with E-state index in [0.29, 0.717) is 45.6 Å². The first-order valence-corrected chi connectivity index (χ1v) is 11.6. The van der Waals surface area contributed by atoms with Crippen LogP contribution in [0.4, 0.5) is 0 Å². The molecular weight excluding hydrogens is 398 g/mol. The molecule has 0 aliphatic heterocycles. The maximum atomic E-state index is 12.0. The van der Waals surface area contributed by atoms with Crippen molar-refractivity contribution >= 4 is 11.8 Å². The Labute approximate surface area is 188 Å². The van der Waals surface area contributed by atoms with E-state index in [1.807, 2.05) is 0 Å². The van der Waals surface area contributed by atoms with Crippen LogP contribution >= 0.6 is 0 Å². The Morgan fingerprint density at radius 3 is 1.61 bits per heavy atom. The van der Waals surface area contributed by atoms with Crippen molar-refractivity contribution in [3.05, 3.63) is 0 Å². The molecule has 0 radical (unpaired) electrons. The summed E-state index contributed by atoms with van der Waals surface area (Å²) in [7, 11) is 1.68. The van der Waals surface area contributed by atoms with Crippen molar-refractivity contribution < 1.29 is 14.3 Å². The second kappa shape index (κ2) is 20.6. The number of carbonyl (C=O) groups excluding carboxylic acids is 2. The molecule has 10 nitrogen and oxygen atoms in total. The zero-order valence-corrected chi connectivity index (χ0v) is 19.4. The van der Waals surface area contributed by atoms with Crippen molar-refractivity contribution in [3.8, 4) is 0 Å². The molecule has 0 rings (SSSR count). The number of carbonyl (C=O) groups is 2. The third kappa shape index (κ3) is 17.0. The molecule has 2 atom stereocenters. The number of unbranched alkanes of at least 4 members (excludes halogenated alkanes) is 2. The molecule has 10 heteroatoms. The van der Waals surface area contributed by atoms with Crippen molar-refractivity contribution in [1.82, 2.24) is 15.5 Å². The average Bonchev–Trinajstić information content (AvgIpc) is 2.76. The molecule has 0 heterocycles. The largest absolute Gasteiger partial charge is 0.383 e. The van der Waals surface area contributed by atoms with Crippen molar-refractivity contribution in [2.75, 3.05) is 59.5 Å². The number of nitrogens with one attached hydrogen (secondary N) is 2. The molecule has 0 fully saturated rings. The van der Waals surface area contributed by atoms with E-state index in [0.717, 1.165) is 58.2 Å². The standard InChI is InChI=1S/C21H47N7O3/c1-31-17-16-28(14-6-12-26-20(29)18(24)8-2-4-10-22)15-7-13-27-21(30)19(25)9-3-5-11-23/h18-19H,2-17,22-25H2,1H3,(H,26,29)(H,27,30)/t18-,19-/m0/s1. The normalized spacial score (nSPS) is 13.2. The molecule has 31 heavy (non-hydrogen) atoms. The lowest BCUT2D eigenvalue weighted by atomic mass is 10.1. The second-order valence-electron chi connectivity index (χ2n) is 7.91. The summed E-state index contributed by atoms with van der Waals surface area (Å²) < 4.78 is 5.19. The fourth-order valence-corrected chi connectivity index (χ4v) is 3.13. The smallest absolute Gasteiger partial charge is 0.236 e. The van der Waals surface area contributed by atoms with Crippen LogP contribution in [0.25, 0.3) is 0 Å². The Bertz CT molecular complexity index is 419. The molecule has 0 saturated heterocycles. The van der Waals surface area contributed by atoms with Gasteiger partial charge in [0, 0.05) is 26.7 Å². The SMILES string of the molecule is COCCN(CCCNC(=O)[C@@H](N)CCCCN)CCCNC(=O)[C@@H](N)CCCCN. The van der Waals surface area contributed by atoms with Gasteiger partial charge in [0.15, 0.2) is 0 Å². The fraction of sp³-hybridized carbons (Fsp3) is 0.905. The van der Waals surface area contributed by atoms with E-state index in [4.69, 9.17) is 27.7 Å². The predicted molar refractivity (Wildman–Crippen MR) is 125 cm³/mol. The van der Waals surface area contributed by atoms with Crippen molar-refractivity contribution in [2.24, 2.45) is 22.9 Å². The van der Waals surface area contributed by atoms with Crippen LogP contribution in [0.1, 0.15) is 51.4 Å².